The molecule has 0 saturated heterocycles. The van der Waals surface area contributed by atoms with Crippen molar-refractivity contribution >= 4 is 185 Å². The number of nitrogens with one attached hydrogen (secondary N) is 4. The van der Waals surface area contributed by atoms with Crippen LogP contribution in [-0.2, 0) is 57.5 Å². The first-order valence-electron chi connectivity index (χ1n) is 22.1. The van der Waals surface area contributed by atoms with Crippen molar-refractivity contribution in [3.05, 3.63) is 0 Å². The van der Waals surface area contributed by atoms with Crippen molar-refractivity contribution in [1.29, 1.82) is 0 Å². The first-order valence-corrected chi connectivity index (χ1v) is 22.1. The van der Waals surface area contributed by atoms with Gasteiger partial charge in [-0.3, -0.25) is 19.6 Å². The van der Waals surface area contributed by atoms with Crippen LogP contribution < -0.4 is 260 Å². The van der Waals surface area contributed by atoms with Gasteiger partial charge in [0.2, 0.25) is 0 Å². The van der Waals surface area contributed by atoms with E-state index in [-0.39, 0.29) is 369 Å². The van der Waals surface area contributed by atoms with Crippen LogP contribution in [0.1, 0.15) is 25.7 Å². The number of nitrogens with zero attached hydrogens (tertiary/aromatic N) is 4. The predicted octanol–water partition coefficient (Wildman–Crippen LogP) is -43.6. The van der Waals surface area contributed by atoms with Crippen LogP contribution in [0, 0.1) is 0 Å². The molecule has 0 saturated carbocycles. The van der Waals surface area contributed by atoms with Gasteiger partial charge in [0.25, 0.3) is 0 Å². The summed E-state index contributed by atoms with van der Waals surface area (Å²) in [6.45, 7) is -8.47. The summed E-state index contributed by atoms with van der Waals surface area (Å²) in [7, 11) is 0. The van der Waals surface area contributed by atoms with Gasteiger partial charge in [0.1, 0.15) is 0 Å². The summed E-state index contributed by atoms with van der Waals surface area (Å²) >= 11 is 0. The van der Waals surface area contributed by atoms with Gasteiger partial charge in [0.15, 0.2) is 0 Å². The molecule has 0 aliphatic carbocycles. The zero-order valence-corrected chi connectivity index (χ0v) is 67.4. The Balaban J connectivity index is -0.0000000714. The predicted molar refractivity (Wildman–Crippen MR) is 237 cm³/mol. The van der Waals surface area contributed by atoms with E-state index in [4.69, 9.17) is 20.4 Å². The van der Waals surface area contributed by atoms with E-state index >= 15 is 0 Å². The zero-order chi connectivity index (χ0) is 59.3. The summed E-state index contributed by atoms with van der Waals surface area (Å²) in [5, 5.41) is 170. The van der Waals surface area contributed by atoms with Gasteiger partial charge in [0.05, 0.1) is 71.6 Å². The second-order valence-electron chi connectivity index (χ2n) is 15.3. The Hall–Kier alpha value is 2.94. The number of aliphatic hydroxyl groups is 4. The molecule has 0 radical (unpaired) electrons. The van der Waals surface area contributed by atoms with Crippen molar-refractivity contribution in [1.82, 2.24) is 40.9 Å². The van der Waals surface area contributed by atoms with Crippen LogP contribution in [0.5, 0.6) is 0 Å². The summed E-state index contributed by atoms with van der Waals surface area (Å²) in [4.78, 5) is 129. The molecule has 0 aromatic heterocycles. The molecular weight excluding hydrogens is 1300 g/mol. The fourth-order valence-corrected chi connectivity index (χ4v) is 6.20. The average Bonchev–Trinajstić information content (AvgIpc) is 3.26. The monoisotopic (exact) mass is 1360 g/mol. The molecule has 0 aromatic carbocycles. The van der Waals surface area contributed by atoms with Gasteiger partial charge in [0, 0.05) is 155 Å². The molecule has 0 aromatic rings. The maximum absolute atomic E-state index is 10.5. The van der Waals surface area contributed by atoms with Crippen molar-refractivity contribution in [2.24, 2.45) is 0 Å². The second-order valence-corrected chi connectivity index (χ2v) is 15.3. The van der Waals surface area contributed by atoms with Crippen molar-refractivity contribution < 1.29 is 317 Å². The van der Waals surface area contributed by atoms with E-state index in [2.05, 4.69) is 21.3 Å². The Bertz CT molecular complexity index is 1520. The molecule has 4 atom stereocenters. The SMILES string of the molecule is O=C([O-])CNCC(CCO)N(CC(=O)[O-])CC(=O)[O-].O=C([O-])CNCC(CCO)N(CC(=O)[O-])CC(=O)[O-].O=C([O-])CNCC(CCO)N(CC(=O)[O-])CC(=O)[O-].O=C([O-])CNCC(CCO)N(CC(=O)[O-])CC(=O)[O-].[Ca+2].[Ca+2].[Ca+2].[Na+].[Na+].[Na+].[Na+].[Na+].[Na+]. The van der Waals surface area contributed by atoms with Crippen molar-refractivity contribution in [3.8, 4) is 0 Å². The number of carbonyl (C=O) groups excluding carboxylic acids is 12. The fraction of sp³-hybridized carbons (Fsp3) is 0.700. The largest absolute Gasteiger partial charge is 2.00 e. The molecular formula is C40H60Ca3N8Na6O28. The Labute approximate surface area is 711 Å². The maximum Gasteiger partial charge on any atom is 2.00 e. The number of carboxylic acids is 12. The van der Waals surface area contributed by atoms with E-state index < -0.39 is 174 Å². The van der Waals surface area contributed by atoms with Crippen LogP contribution in [-0.4, -0.2) is 380 Å². The van der Waals surface area contributed by atoms with Gasteiger partial charge in [-0.1, -0.05) is 0 Å². The van der Waals surface area contributed by atoms with Crippen LogP contribution in [0.3, 0.4) is 0 Å². The quantitative estimate of drug-likeness (QED) is 0.0263. The first kappa shape index (κ1) is 118. The summed E-state index contributed by atoms with van der Waals surface area (Å²) in [6.07, 6.45) is 0.280. The van der Waals surface area contributed by atoms with E-state index in [9.17, 15) is 119 Å². The minimum Gasteiger partial charge on any atom is -0.549 e. The molecule has 0 aliphatic heterocycles. The number of carbonyl (C=O) groups is 12. The third-order valence-electron chi connectivity index (χ3n) is 9.17. The van der Waals surface area contributed by atoms with Gasteiger partial charge in [-0.15, -0.1) is 0 Å². The molecule has 36 nitrogen and oxygen atoms in total. The van der Waals surface area contributed by atoms with Crippen molar-refractivity contribution in [2.45, 2.75) is 49.9 Å². The molecule has 0 bridgehead atoms. The van der Waals surface area contributed by atoms with E-state index in [0.29, 0.717) is 0 Å². The van der Waals surface area contributed by atoms with Gasteiger partial charge < -0.3 is 161 Å². The van der Waals surface area contributed by atoms with Crippen LogP contribution in [0.25, 0.3) is 0 Å². The molecule has 0 aliphatic rings. The molecule has 0 fully saturated rings. The van der Waals surface area contributed by atoms with Crippen LogP contribution in [0.4, 0.5) is 0 Å². The van der Waals surface area contributed by atoms with Gasteiger partial charge >= 0.3 is 291 Å². The number of hydrogen-bond acceptors (Lipinski definition) is 36. The minimum absolute atomic E-state index is 0. The first-order chi connectivity index (χ1) is 35.4. The third-order valence-corrected chi connectivity index (χ3v) is 9.17. The van der Waals surface area contributed by atoms with E-state index in [1.54, 1.807) is 0 Å². The van der Waals surface area contributed by atoms with Crippen LogP contribution in [0.15, 0.2) is 0 Å². The topological polar surface area (TPSA) is 624 Å². The zero-order valence-electron chi connectivity index (χ0n) is 48.8. The summed E-state index contributed by atoms with van der Waals surface area (Å²) in [5.74, 6) is -17.3. The Morgan fingerprint density at radius 1 is 0.259 bits per heavy atom. The Morgan fingerprint density at radius 3 is 0.459 bits per heavy atom. The summed E-state index contributed by atoms with van der Waals surface area (Å²) < 4.78 is 0. The van der Waals surface area contributed by atoms with Gasteiger partial charge in [-0.2, -0.15) is 0 Å². The van der Waals surface area contributed by atoms with Crippen LogP contribution in [0.2, 0.25) is 0 Å². The number of aliphatic hydroxyl groups excluding tert-OH is 4. The Kier molecular flexibility index (Phi) is 108. The minimum atomic E-state index is -1.48. The Morgan fingerprint density at radius 2 is 0.376 bits per heavy atom. The summed E-state index contributed by atoms with van der Waals surface area (Å²) in [6, 6.07) is -2.72. The normalized spacial score (nSPS) is 11.0. The summed E-state index contributed by atoms with van der Waals surface area (Å²) in [5.41, 5.74) is 0. The molecule has 85 heavy (non-hydrogen) atoms. The van der Waals surface area contributed by atoms with Crippen LogP contribution >= 0.6 is 0 Å². The molecule has 8 N–H and O–H groups in total. The molecule has 4 unspecified atom stereocenters. The van der Waals surface area contributed by atoms with E-state index in [0.717, 1.165) is 19.6 Å². The maximum atomic E-state index is 10.5. The standard InChI is InChI=1S/4C10H18N2O7.3Ca.6Na/c4*13-2-1-7(3-11-4-8(14)15)12(5-9(16)17)6-10(18)19;;;;;;;;;/h4*7,11,13H,1-6H2,(H,14,15)(H,16,17)(H,18,19);;;;;;;;;/q;;;;3*+2;6*+1/p-12. The molecule has 0 spiro atoms. The number of rotatable bonds is 44. The number of aliphatic carboxylic acids is 12. The molecule has 45 heteroatoms. The van der Waals surface area contributed by atoms with Crippen molar-refractivity contribution in [2.75, 3.05) is 131 Å². The third kappa shape index (κ3) is 83.0. The second kappa shape index (κ2) is 77.6. The van der Waals surface area contributed by atoms with Crippen molar-refractivity contribution in [3.63, 3.8) is 0 Å². The molecule has 440 valence electrons. The van der Waals surface area contributed by atoms with E-state index in [1.165, 1.54) is 0 Å². The average molecular weight is 1360 g/mol. The fourth-order valence-electron chi connectivity index (χ4n) is 6.20. The van der Waals surface area contributed by atoms with Gasteiger partial charge in [-0.05, 0) is 25.7 Å². The number of carboxylic acid groups (broad SMARTS) is 12. The molecule has 0 rings (SSSR count). The van der Waals surface area contributed by atoms with E-state index in [1.807, 2.05) is 0 Å². The smallest absolute Gasteiger partial charge is 0.549 e. The molecule has 0 amide bonds. The molecule has 0 heterocycles. The number of hydrogen-bond donors (Lipinski definition) is 8. The van der Waals surface area contributed by atoms with Gasteiger partial charge in [-0.25, -0.2) is 0 Å².